The largest absolute Gasteiger partial charge is 0.493 e. The van der Waals surface area contributed by atoms with Gasteiger partial charge in [0.1, 0.15) is 11.4 Å². The molecule has 0 unspecified atom stereocenters. The van der Waals surface area contributed by atoms with Crippen LogP contribution in [0.25, 0.3) is 10.9 Å². The van der Waals surface area contributed by atoms with Gasteiger partial charge in [0, 0.05) is 23.6 Å². The van der Waals surface area contributed by atoms with Gasteiger partial charge in [-0.3, -0.25) is 9.59 Å². The quantitative estimate of drug-likeness (QED) is 0.372. The molecule has 0 bridgehead atoms. The summed E-state index contributed by atoms with van der Waals surface area (Å²) in [4.78, 5) is 30.4. The van der Waals surface area contributed by atoms with Crippen LogP contribution >= 0.6 is 0 Å². The molecule has 0 atom stereocenters. The molecule has 0 saturated carbocycles. The highest BCUT2D eigenvalue weighted by atomic mass is 16.5. The standard InChI is InChI=1S/C28H27N3O3/c1-19(2)18-34-25-16-24(28(33)29-17-20-10-5-3-6-11-20)30-26-22(25)14-9-15-23(26)31-27(32)21-12-7-4-8-13-21/h3-16,19H,17-18H2,1-2H3,(H,29,33)(H,31,32). The molecule has 6 heteroatoms. The number of ether oxygens (including phenoxy) is 1. The predicted molar refractivity (Wildman–Crippen MR) is 134 cm³/mol. The van der Waals surface area contributed by atoms with Crippen molar-refractivity contribution in [3.05, 3.63) is 102 Å². The summed E-state index contributed by atoms with van der Waals surface area (Å²) in [7, 11) is 0. The molecule has 1 heterocycles. The van der Waals surface area contributed by atoms with Crippen molar-refractivity contribution in [3.8, 4) is 5.75 Å². The van der Waals surface area contributed by atoms with E-state index in [-0.39, 0.29) is 17.5 Å². The van der Waals surface area contributed by atoms with Crippen molar-refractivity contribution in [2.75, 3.05) is 11.9 Å². The molecule has 0 spiro atoms. The van der Waals surface area contributed by atoms with Crippen LogP contribution in [0.4, 0.5) is 5.69 Å². The van der Waals surface area contributed by atoms with Crippen LogP contribution in [0.15, 0.2) is 84.9 Å². The van der Waals surface area contributed by atoms with E-state index in [1.54, 1.807) is 24.3 Å². The fourth-order valence-electron chi connectivity index (χ4n) is 3.46. The van der Waals surface area contributed by atoms with Gasteiger partial charge in [-0.2, -0.15) is 0 Å². The van der Waals surface area contributed by atoms with Crippen LogP contribution in [-0.2, 0) is 6.54 Å². The first-order valence-electron chi connectivity index (χ1n) is 11.3. The second-order valence-electron chi connectivity index (χ2n) is 8.40. The number of para-hydroxylation sites is 1. The number of fused-ring (bicyclic) bond motifs is 1. The zero-order chi connectivity index (χ0) is 23.9. The molecule has 6 nitrogen and oxygen atoms in total. The molecule has 0 aliphatic rings. The topological polar surface area (TPSA) is 80.3 Å². The molecule has 2 N–H and O–H groups in total. The Morgan fingerprint density at radius 3 is 2.29 bits per heavy atom. The van der Waals surface area contributed by atoms with E-state index in [0.29, 0.717) is 41.6 Å². The average Bonchev–Trinajstić information content (AvgIpc) is 2.87. The molecular formula is C28H27N3O3. The summed E-state index contributed by atoms with van der Waals surface area (Å²) in [6, 6.07) is 25.8. The number of carbonyl (C=O) groups is 2. The Kier molecular flexibility index (Phi) is 7.18. The number of rotatable bonds is 8. The smallest absolute Gasteiger partial charge is 0.270 e. The van der Waals surface area contributed by atoms with E-state index in [0.717, 1.165) is 10.9 Å². The lowest BCUT2D eigenvalue weighted by atomic mass is 10.1. The van der Waals surface area contributed by atoms with Gasteiger partial charge in [0.25, 0.3) is 11.8 Å². The van der Waals surface area contributed by atoms with E-state index in [1.165, 1.54) is 0 Å². The molecule has 0 radical (unpaired) electrons. The molecule has 0 fully saturated rings. The van der Waals surface area contributed by atoms with Crippen molar-refractivity contribution >= 4 is 28.4 Å². The van der Waals surface area contributed by atoms with Gasteiger partial charge in [-0.05, 0) is 35.7 Å². The van der Waals surface area contributed by atoms with Crippen molar-refractivity contribution in [1.29, 1.82) is 0 Å². The van der Waals surface area contributed by atoms with Crippen molar-refractivity contribution < 1.29 is 14.3 Å². The van der Waals surface area contributed by atoms with E-state index in [2.05, 4.69) is 29.5 Å². The van der Waals surface area contributed by atoms with Gasteiger partial charge >= 0.3 is 0 Å². The summed E-state index contributed by atoms with van der Waals surface area (Å²) in [5.74, 6) is 0.293. The zero-order valence-electron chi connectivity index (χ0n) is 19.2. The molecule has 3 aromatic carbocycles. The van der Waals surface area contributed by atoms with E-state index in [9.17, 15) is 9.59 Å². The summed E-state index contributed by atoms with van der Waals surface area (Å²) in [5.41, 5.74) is 2.76. The van der Waals surface area contributed by atoms with Gasteiger partial charge < -0.3 is 15.4 Å². The monoisotopic (exact) mass is 453 g/mol. The molecule has 2 amide bonds. The summed E-state index contributed by atoms with van der Waals surface area (Å²) < 4.78 is 6.05. The molecule has 172 valence electrons. The average molecular weight is 454 g/mol. The molecule has 0 aliphatic heterocycles. The molecule has 1 aromatic heterocycles. The highest BCUT2D eigenvalue weighted by molar-refractivity contribution is 6.09. The lowest BCUT2D eigenvalue weighted by molar-refractivity contribution is 0.0945. The molecule has 4 aromatic rings. The number of anilines is 1. The van der Waals surface area contributed by atoms with E-state index < -0.39 is 0 Å². The molecular weight excluding hydrogens is 426 g/mol. The van der Waals surface area contributed by atoms with Crippen LogP contribution in [0, 0.1) is 5.92 Å². The highest BCUT2D eigenvalue weighted by Gasteiger charge is 2.17. The van der Waals surface area contributed by atoms with E-state index >= 15 is 0 Å². The number of amides is 2. The first-order valence-corrected chi connectivity index (χ1v) is 11.3. The fraction of sp³-hybridized carbons (Fsp3) is 0.179. The Morgan fingerprint density at radius 1 is 0.882 bits per heavy atom. The SMILES string of the molecule is CC(C)COc1cc(C(=O)NCc2ccccc2)nc2c(NC(=O)c3ccccc3)cccc12. The maximum absolute atomic E-state index is 13.0. The second-order valence-corrected chi connectivity index (χ2v) is 8.40. The molecule has 34 heavy (non-hydrogen) atoms. The first kappa shape index (κ1) is 23.0. The Morgan fingerprint density at radius 2 is 1.59 bits per heavy atom. The predicted octanol–water partition coefficient (Wildman–Crippen LogP) is 5.45. The maximum atomic E-state index is 13.0. The van der Waals surface area contributed by atoms with Gasteiger partial charge in [0.05, 0.1) is 17.8 Å². The number of hydrogen-bond acceptors (Lipinski definition) is 4. The van der Waals surface area contributed by atoms with Crippen molar-refractivity contribution in [3.63, 3.8) is 0 Å². The molecule has 0 saturated heterocycles. The van der Waals surface area contributed by atoms with Crippen molar-refractivity contribution in [2.45, 2.75) is 20.4 Å². The summed E-state index contributed by atoms with van der Waals surface area (Å²) in [6.07, 6.45) is 0. The molecule has 0 aliphatic carbocycles. The van der Waals surface area contributed by atoms with Crippen molar-refractivity contribution in [1.82, 2.24) is 10.3 Å². The number of nitrogens with zero attached hydrogens (tertiary/aromatic N) is 1. The van der Waals surface area contributed by atoms with Crippen LogP contribution < -0.4 is 15.4 Å². The number of pyridine rings is 1. The summed E-state index contributed by atoms with van der Waals surface area (Å²) in [5, 5.41) is 6.57. The van der Waals surface area contributed by atoms with Crippen LogP contribution in [0.3, 0.4) is 0 Å². The first-order chi connectivity index (χ1) is 16.5. The Balaban J connectivity index is 1.68. The highest BCUT2D eigenvalue weighted by Crippen LogP contribution is 2.31. The van der Waals surface area contributed by atoms with Crippen molar-refractivity contribution in [2.24, 2.45) is 5.92 Å². The van der Waals surface area contributed by atoms with Gasteiger partial charge in [-0.1, -0.05) is 68.4 Å². The normalized spacial score (nSPS) is 10.8. The van der Waals surface area contributed by atoms with Gasteiger partial charge in [-0.25, -0.2) is 4.98 Å². The minimum absolute atomic E-state index is 0.226. The van der Waals surface area contributed by atoms with Crippen LogP contribution in [0.2, 0.25) is 0 Å². The number of carbonyl (C=O) groups excluding carboxylic acids is 2. The zero-order valence-corrected chi connectivity index (χ0v) is 19.2. The van der Waals surface area contributed by atoms with Crippen LogP contribution in [0.5, 0.6) is 5.75 Å². The van der Waals surface area contributed by atoms with Crippen LogP contribution in [-0.4, -0.2) is 23.4 Å². The third-order valence-corrected chi connectivity index (χ3v) is 5.19. The fourth-order valence-corrected chi connectivity index (χ4v) is 3.46. The minimum atomic E-state index is -0.315. The van der Waals surface area contributed by atoms with E-state index in [1.807, 2.05) is 60.7 Å². The Bertz CT molecular complexity index is 1290. The Labute approximate surface area is 199 Å². The van der Waals surface area contributed by atoms with Gasteiger partial charge in [-0.15, -0.1) is 0 Å². The lowest BCUT2D eigenvalue weighted by Gasteiger charge is -2.15. The second kappa shape index (κ2) is 10.6. The third kappa shape index (κ3) is 5.59. The lowest BCUT2D eigenvalue weighted by Crippen LogP contribution is -2.24. The van der Waals surface area contributed by atoms with Gasteiger partial charge in [0.15, 0.2) is 0 Å². The number of hydrogen-bond donors (Lipinski definition) is 2. The summed E-state index contributed by atoms with van der Waals surface area (Å²) in [6.45, 7) is 4.99. The van der Waals surface area contributed by atoms with Crippen LogP contribution in [0.1, 0.15) is 40.3 Å². The number of aromatic nitrogens is 1. The summed E-state index contributed by atoms with van der Waals surface area (Å²) >= 11 is 0. The van der Waals surface area contributed by atoms with E-state index in [4.69, 9.17) is 4.74 Å². The maximum Gasteiger partial charge on any atom is 0.270 e. The van der Waals surface area contributed by atoms with Gasteiger partial charge in [0.2, 0.25) is 0 Å². The Hall–Kier alpha value is -4.19. The minimum Gasteiger partial charge on any atom is -0.493 e. The number of nitrogens with one attached hydrogen (secondary N) is 2. The third-order valence-electron chi connectivity index (χ3n) is 5.19. The molecule has 4 rings (SSSR count). The number of benzene rings is 3.